The molecule has 2 aromatic carbocycles. The molecule has 6 amide bonds. The van der Waals surface area contributed by atoms with Gasteiger partial charge < -0.3 is 15.1 Å². The van der Waals surface area contributed by atoms with E-state index in [1.54, 1.807) is 36.4 Å². The van der Waals surface area contributed by atoms with Crippen molar-refractivity contribution >= 4 is 41.1 Å². The first-order valence-electron chi connectivity index (χ1n) is 18.2. The lowest BCUT2D eigenvalue weighted by Crippen LogP contribution is -2.63. The van der Waals surface area contributed by atoms with Gasteiger partial charge in [-0.05, 0) is 84.9 Å². The fourth-order valence-corrected chi connectivity index (χ4v) is 9.39. The molecule has 4 heterocycles. The number of carbonyl (C=O) groups excluding carboxylic acids is 6. The molecule has 4 fully saturated rings. The van der Waals surface area contributed by atoms with Crippen LogP contribution in [-0.2, 0) is 9.59 Å². The van der Waals surface area contributed by atoms with Gasteiger partial charge in [-0.2, -0.15) is 0 Å². The van der Waals surface area contributed by atoms with E-state index in [4.69, 9.17) is 0 Å². The van der Waals surface area contributed by atoms with Crippen molar-refractivity contribution in [2.24, 2.45) is 16.7 Å². The van der Waals surface area contributed by atoms with Crippen LogP contribution >= 0.6 is 0 Å². The van der Waals surface area contributed by atoms with E-state index in [1.807, 2.05) is 11.0 Å². The number of carbonyl (C=O) groups is 6. The quantitative estimate of drug-likeness (QED) is 0.421. The Morgan fingerprint density at radius 3 is 2.04 bits per heavy atom. The average Bonchev–Trinajstić information content (AvgIpc) is 3.35. The predicted octanol–water partition coefficient (Wildman–Crippen LogP) is 3.32. The highest BCUT2D eigenvalue weighted by Crippen LogP contribution is 2.53. The number of nitrogens with one attached hydrogen (secondary N) is 2. The van der Waals surface area contributed by atoms with E-state index in [0.29, 0.717) is 35.7 Å². The van der Waals surface area contributed by atoms with Gasteiger partial charge >= 0.3 is 0 Å². The van der Waals surface area contributed by atoms with Crippen LogP contribution in [0.3, 0.4) is 0 Å². The second kappa shape index (κ2) is 13.2. The van der Waals surface area contributed by atoms with Crippen LogP contribution in [0, 0.1) is 16.7 Å². The molecule has 5 aliphatic rings. The van der Waals surface area contributed by atoms with E-state index in [0.717, 1.165) is 62.6 Å². The van der Waals surface area contributed by atoms with Gasteiger partial charge in [0.05, 0.1) is 11.1 Å². The van der Waals surface area contributed by atoms with Gasteiger partial charge in [-0.1, -0.05) is 27.7 Å². The molecule has 0 spiro atoms. The molecule has 51 heavy (non-hydrogen) atoms. The molecule has 0 bridgehead atoms. The van der Waals surface area contributed by atoms with Gasteiger partial charge in [-0.3, -0.25) is 43.9 Å². The Bertz CT molecular complexity index is 1760. The van der Waals surface area contributed by atoms with E-state index >= 15 is 0 Å². The zero-order valence-electron chi connectivity index (χ0n) is 30.0. The molecule has 0 aromatic heterocycles. The summed E-state index contributed by atoms with van der Waals surface area (Å²) in [6.45, 7) is 14.3. The first-order chi connectivity index (χ1) is 24.2. The van der Waals surface area contributed by atoms with Crippen LogP contribution in [-0.4, -0.2) is 108 Å². The number of hydrogen-bond acceptors (Lipinski definition) is 8. The van der Waals surface area contributed by atoms with Crippen LogP contribution in [0.25, 0.3) is 0 Å². The Hall–Kier alpha value is -4.58. The van der Waals surface area contributed by atoms with Gasteiger partial charge in [-0.15, -0.1) is 0 Å². The maximum Gasteiger partial charge on any atom is 0.262 e. The third kappa shape index (κ3) is 6.66. The lowest BCUT2D eigenvalue weighted by molar-refractivity contribution is -0.136. The summed E-state index contributed by atoms with van der Waals surface area (Å²) in [5.74, 6) is -1.58. The highest BCUT2D eigenvalue weighted by atomic mass is 16.2. The van der Waals surface area contributed by atoms with Gasteiger partial charge in [0, 0.05) is 75.1 Å². The van der Waals surface area contributed by atoms with Crippen molar-refractivity contribution in [2.45, 2.75) is 71.9 Å². The Kier molecular flexibility index (Phi) is 9.02. The van der Waals surface area contributed by atoms with E-state index in [2.05, 4.69) is 48.1 Å². The Morgan fingerprint density at radius 1 is 0.784 bits per heavy atom. The molecule has 12 nitrogen and oxygen atoms in total. The lowest BCUT2D eigenvalue weighted by Gasteiger charge is -2.57. The van der Waals surface area contributed by atoms with E-state index in [-0.39, 0.29) is 47.1 Å². The number of hydrogen-bond donors (Lipinski definition) is 2. The molecule has 270 valence electrons. The number of piperidine rings is 2. The minimum Gasteiger partial charge on any atom is -0.371 e. The molecular weight excluding hydrogens is 648 g/mol. The van der Waals surface area contributed by atoms with Crippen molar-refractivity contribution < 1.29 is 28.8 Å². The maximum atomic E-state index is 13.3. The van der Waals surface area contributed by atoms with Crippen LogP contribution in [0.4, 0.5) is 5.69 Å². The average molecular weight is 697 g/mol. The van der Waals surface area contributed by atoms with Gasteiger partial charge in [0.2, 0.25) is 11.8 Å². The smallest absolute Gasteiger partial charge is 0.262 e. The summed E-state index contributed by atoms with van der Waals surface area (Å²) >= 11 is 0. The number of anilines is 1. The Labute approximate surface area is 298 Å². The molecule has 7 rings (SSSR count). The number of benzene rings is 2. The number of imide groups is 2. The van der Waals surface area contributed by atoms with Gasteiger partial charge in [-0.25, -0.2) is 0 Å². The highest BCUT2D eigenvalue weighted by Gasteiger charge is 2.53. The first-order valence-corrected chi connectivity index (χ1v) is 18.2. The van der Waals surface area contributed by atoms with Crippen LogP contribution in [0.1, 0.15) is 101 Å². The number of fused-ring (bicyclic) bond motifs is 1. The molecular formula is C39H48N6O6. The fourth-order valence-electron chi connectivity index (χ4n) is 9.39. The van der Waals surface area contributed by atoms with Crippen LogP contribution in [0.2, 0.25) is 0 Å². The summed E-state index contributed by atoms with van der Waals surface area (Å²) in [7, 11) is 0. The van der Waals surface area contributed by atoms with Crippen molar-refractivity contribution in [3.8, 4) is 0 Å². The van der Waals surface area contributed by atoms with Gasteiger partial charge in [0.15, 0.2) is 0 Å². The molecule has 1 saturated carbocycles. The van der Waals surface area contributed by atoms with E-state index in [1.165, 1.54) is 0 Å². The minimum absolute atomic E-state index is 0.00840. The van der Waals surface area contributed by atoms with Crippen molar-refractivity contribution in [3.63, 3.8) is 0 Å². The summed E-state index contributed by atoms with van der Waals surface area (Å²) < 4.78 is 0. The Balaban J connectivity index is 0.867. The maximum absolute atomic E-state index is 13.3. The van der Waals surface area contributed by atoms with Crippen molar-refractivity contribution in [1.82, 2.24) is 25.3 Å². The van der Waals surface area contributed by atoms with Crippen LogP contribution in [0.15, 0.2) is 42.5 Å². The minimum atomic E-state index is -0.974. The Morgan fingerprint density at radius 2 is 1.41 bits per heavy atom. The van der Waals surface area contributed by atoms with Gasteiger partial charge in [0.25, 0.3) is 23.6 Å². The van der Waals surface area contributed by atoms with Gasteiger partial charge in [0.1, 0.15) is 6.04 Å². The molecule has 0 radical (unpaired) electrons. The summed E-state index contributed by atoms with van der Waals surface area (Å²) in [6, 6.07) is 11.5. The lowest BCUT2D eigenvalue weighted by atomic mass is 9.52. The van der Waals surface area contributed by atoms with Crippen molar-refractivity contribution in [2.75, 3.05) is 50.7 Å². The largest absolute Gasteiger partial charge is 0.371 e. The normalized spacial score (nSPS) is 23.9. The first kappa shape index (κ1) is 34.9. The molecule has 4 aliphatic heterocycles. The SMILES string of the molecule is CC1(C)CC(C)(C)C1NC(=O)c1ccc(C(=O)N2CCN(CC3CCN(c4ccc5c(c4)C(=O)N(C4CCC(=O)NC4=O)C5=O)CC3)CC2)cc1. The summed E-state index contributed by atoms with van der Waals surface area (Å²) in [6.07, 6.45) is 3.26. The van der Waals surface area contributed by atoms with Crippen molar-refractivity contribution in [1.29, 1.82) is 0 Å². The number of amides is 6. The zero-order chi connectivity index (χ0) is 36.2. The monoisotopic (exact) mass is 696 g/mol. The third-order valence-corrected chi connectivity index (χ3v) is 11.7. The molecule has 1 unspecified atom stereocenters. The standard InChI is InChI=1S/C39H48N6O6/c1-38(2)23-39(3,4)37(38)41-32(47)25-5-7-26(8-6-25)34(49)44-19-17-42(18-20-44)22-24-13-15-43(16-14-24)27-9-10-28-29(21-27)36(51)45(35(28)50)30-11-12-31(46)40-33(30)48/h5-10,21,24,30,37H,11-20,22-23H2,1-4H3,(H,41,47)(H,40,46,48). The molecule has 2 N–H and O–H groups in total. The second-order valence-electron chi connectivity index (χ2n) is 16.3. The molecule has 12 heteroatoms. The summed E-state index contributed by atoms with van der Waals surface area (Å²) in [5.41, 5.74) is 2.76. The highest BCUT2D eigenvalue weighted by molar-refractivity contribution is 6.23. The molecule has 1 aliphatic carbocycles. The summed E-state index contributed by atoms with van der Waals surface area (Å²) in [5, 5.41) is 5.45. The predicted molar refractivity (Wildman–Crippen MR) is 190 cm³/mol. The molecule has 1 atom stereocenters. The summed E-state index contributed by atoms with van der Waals surface area (Å²) in [4.78, 5) is 84.2. The fraction of sp³-hybridized carbons (Fsp3) is 0.538. The number of rotatable bonds is 7. The van der Waals surface area contributed by atoms with Crippen molar-refractivity contribution in [3.05, 3.63) is 64.7 Å². The molecule has 2 aromatic rings. The second-order valence-corrected chi connectivity index (χ2v) is 16.3. The number of nitrogens with zero attached hydrogens (tertiary/aromatic N) is 4. The van der Waals surface area contributed by atoms with Crippen LogP contribution in [0.5, 0.6) is 0 Å². The van der Waals surface area contributed by atoms with E-state index in [9.17, 15) is 28.8 Å². The third-order valence-electron chi connectivity index (χ3n) is 11.7. The van der Waals surface area contributed by atoms with Crippen LogP contribution < -0.4 is 15.5 Å². The van der Waals surface area contributed by atoms with E-state index < -0.39 is 29.7 Å². The topological polar surface area (TPSA) is 139 Å². The zero-order valence-corrected chi connectivity index (χ0v) is 30.0. The number of piperazine rings is 1. The molecule has 3 saturated heterocycles.